The van der Waals surface area contributed by atoms with Crippen LogP contribution in [0, 0.1) is 5.82 Å². The maximum Gasteiger partial charge on any atom is 0.229 e. The number of anilines is 2. The minimum Gasteiger partial charge on any atom is -0.386 e. The van der Waals surface area contributed by atoms with Crippen LogP contribution in [0.1, 0.15) is 37.3 Å². The molecule has 2 rings (SSSR count). The van der Waals surface area contributed by atoms with Crippen molar-refractivity contribution in [1.29, 1.82) is 0 Å². The van der Waals surface area contributed by atoms with Gasteiger partial charge in [-0.3, -0.25) is 0 Å². The monoisotopic (exact) mass is 319 g/mol. The summed E-state index contributed by atoms with van der Waals surface area (Å²) in [6, 6.07) is 6.15. The normalized spacial score (nSPS) is 12.3. The molecule has 0 bridgehead atoms. The SMILES string of the molecule is CC(C)c1nc(NCC(O)c2ccccc2F)nc(N(C)C)n1. The van der Waals surface area contributed by atoms with Crippen LogP contribution in [0.15, 0.2) is 24.3 Å². The van der Waals surface area contributed by atoms with E-state index in [1.165, 1.54) is 6.07 Å². The summed E-state index contributed by atoms with van der Waals surface area (Å²) in [5.41, 5.74) is 0.242. The first-order valence-corrected chi connectivity index (χ1v) is 7.48. The molecule has 0 fully saturated rings. The number of hydrogen-bond acceptors (Lipinski definition) is 6. The average Bonchev–Trinajstić information content (AvgIpc) is 2.52. The van der Waals surface area contributed by atoms with E-state index in [0.717, 1.165) is 0 Å². The Hall–Kier alpha value is -2.28. The summed E-state index contributed by atoms with van der Waals surface area (Å²) in [5, 5.41) is 13.1. The number of halogens is 1. The average molecular weight is 319 g/mol. The maximum atomic E-state index is 13.7. The molecule has 0 aliphatic heterocycles. The summed E-state index contributed by atoms with van der Waals surface area (Å²) >= 11 is 0. The topological polar surface area (TPSA) is 74.2 Å². The number of nitrogens with one attached hydrogen (secondary N) is 1. The Balaban J connectivity index is 2.15. The van der Waals surface area contributed by atoms with Gasteiger partial charge in [-0.15, -0.1) is 0 Å². The van der Waals surface area contributed by atoms with Crippen LogP contribution in [-0.4, -0.2) is 40.7 Å². The van der Waals surface area contributed by atoms with Crippen LogP contribution in [0.4, 0.5) is 16.3 Å². The third kappa shape index (κ3) is 4.35. The first kappa shape index (κ1) is 17.1. The Morgan fingerprint density at radius 1 is 1.17 bits per heavy atom. The number of rotatable bonds is 6. The molecule has 0 spiro atoms. The molecule has 124 valence electrons. The third-order valence-corrected chi connectivity index (χ3v) is 3.28. The number of aliphatic hydroxyl groups is 1. The quantitative estimate of drug-likeness (QED) is 0.851. The van der Waals surface area contributed by atoms with E-state index in [9.17, 15) is 9.50 Å². The van der Waals surface area contributed by atoms with Gasteiger partial charge in [0, 0.05) is 32.1 Å². The first-order valence-electron chi connectivity index (χ1n) is 7.48. The van der Waals surface area contributed by atoms with Crippen molar-refractivity contribution in [2.45, 2.75) is 25.9 Å². The second-order valence-corrected chi connectivity index (χ2v) is 5.78. The molecule has 0 aliphatic carbocycles. The third-order valence-electron chi connectivity index (χ3n) is 3.28. The number of aliphatic hydroxyl groups excluding tert-OH is 1. The Bertz CT molecular complexity index is 636. The van der Waals surface area contributed by atoms with Crippen molar-refractivity contribution >= 4 is 11.9 Å². The van der Waals surface area contributed by atoms with Crippen LogP contribution in [-0.2, 0) is 0 Å². The molecule has 1 atom stereocenters. The molecule has 1 aromatic carbocycles. The summed E-state index contributed by atoms with van der Waals surface area (Å²) < 4.78 is 13.7. The molecule has 0 amide bonds. The first-order chi connectivity index (χ1) is 10.9. The summed E-state index contributed by atoms with van der Waals surface area (Å²) in [5.74, 6) is 1.27. The molecule has 23 heavy (non-hydrogen) atoms. The van der Waals surface area contributed by atoms with Crippen molar-refractivity contribution in [3.8, 4) is 0 Å². The Labute approximate surface area is 135 Å². The molecule has 7 heteroatoms. The highest BCUT2D eigenvalue weighted by Gasteiger charge is 2.14. The van der Waals surface area contributed by atoms with Gasteiger partial charge in [-0.05, 0) is 6.07 Å². The van der Waals surface area contributed by atoms with Gasteiger partial charge in [-0.2, -0.15) is 15.0 Å². The molecule has 0 radical (unpaired) electrons. The standard InChI is InChI=1S/C16H22FN5O/c1-10(2)14-19-15(21-16(20-14)22(3)4)18-9-13(23)11-7-5-6-8-12(11)17/h5-8,10,13,23H,9H2,1-4H3,(H,18,19,20,21). The molecule has 1 heterocycles. The van der Waals surface area contributed by atoms with E-state index in [0.29, 0.717) is 17.7 Å². The summed E-state index contributed by atoms with van der Waals surface area (Å²) in [7, 11) is 3.69. The van der Waals surface area contributed by atoms with Crippen LogP contribution in [0.5, 0.6) is 0 Å². The largest absolute Gasteiger partial charge is 0.386 e. The van der Waals surface area contributed by atoms with Crippen molar-refractivity contribution < 1.29 is 9.50 Å². The molecular formula is C16H22FN5O. The van der Waals surface area contributed by atoms with Crippen molar-refractivity contribution in [2.75, 3.05) is 30.9 Å². The van der Waals surface area contributed by atoms with Gasteiger partial charge in [0.1, 0.15) is 11.6 Å². The molecular weight excluding hydrogens is 297 g/mol. The lowest BCUT2D eigenvalue weighted by atomic mass is 10.1. The van der Waals surface area contributed by atoms with E-state index >= 15 is 0 Å². The lowest BCUT2D eigenvalue weighted by Crippen LogP contribution is -2.19. The zero-order valence-electron chi connectivity index (χ0n) is 13.8. The van der Waals surface area contributed by atoms with E-state index in [-0.39, 0.29) is 18.0 Å². The van der Waals surface area contributed by atoms with E-state index in [4.69, 9.17) is 0 Å². The van der Waals surface area contributed by atoms with E-state index in [1.54, 1.807) is 23.1 Å². The predicted molar refractivity (Wildman–Crippen MR) is 88.1 cm³/mol. The summed E-state index contributed by atoms with van der Waals surface area (Å²) in [6.07, 6.45) is -0.988. The fourth-order valence-electron chi connectivity index (χ4n) is 1.96. The number of hydrogen-bond donors (Lipinski definition) is 2. The molecule has 6 nitrogen and oxygen atoms in total. The smallest absolute Gasteiger partial charge is 0.229 e. The van der Waals surface area contributed by atoms with E-state index < -0.39 is 11.9 Å². The van der Waals surface area contributed by atoms with Gasteiger partial charge in [0.05, 0.1) is 6.10 Å². The maximum absolute atomic E-state index is 13.7. The number of benzene rings is 1. The molecule has 2 N–H and O–H groups in total. The predicted octanol–water partition coefficient (Wildman–Crippen LogP) is 2.35. The molecule has 0 aliphatic rings. The minimum atomic E-state index is -0.988. The number of aromatic nitrogens is 3. The summed E-state index contributed by atoms with van der Waals surface area (Å²) in [4.78, 5) is 14.8. The Kier molecular flexibility index (Phi) is 5.44. The van der Waals surface area contributed by atoms with E-state index in [1.807, 2.05) is 27.9 Å². The van der Waals surface area contributed by atoms with Gasteiger partial charge in [-0.25, -0.2) is 4.39 Å². The van der Waals surface area contributed by atoms with Gasteiger partial charge >= 0.3 is 0 Å². The molecule has 2 aromatic rings. The van der Waals surface area contributed by atoms with Gasteiger partial charge in [0.15, 0.2) is 0 Å². The molecule has 1 unspecified atom stereocenters. The zero-order valence-corrected chi connectivity index (χ0v) is 13.8. The second-order valence-electron chi connectivity index (χ2n) is 5.78. The lowest BCUT2D eigenvalue weighted by molar-refractivity contribution is 0.186. The van der Waals surface area contributed by atoms with Crippen molar-refractivity contribution in [2.24, 2.45) is 0 Å². The van der Waals surface area contributed by atoms with Gasteiger partial charge in [0.2, 0.25) is 11.9 Å². The molecule has 0 saturated carbocycles. The highest BCUT2D eigenvalue weighted by Crippen LogP contribution is 2.18. The van der Waals surface area contributed by atoms with Gasteiger partial charge < -0.3 is 15.3 Å². The van der Waals surface area contributed by atoms with Crippen LogP contribution < -0.4 is 10.2 Å². The van der Waals surface area contributed by atoms with Gasteiger partial charge in [-0.1, -0.05) is 32.0 Å². The molecule has 0 saturated heterocycles. The highest BCUT2D eigenvalue weighted by atomic mass is 19.1. The summed E-state index contributed by atoms with van der Waals surface area (Å²) in [6.45, 7) is 4.09. The fraction of sp³-hybridized carbons (Fsp3) is 0.438. The fourth-order valence-corrected chi connectivity index (χ4v) is 1.96. The zero-order chi connectivity index (χ0) is 17.0. The van der Waals surface area contributed by atoms with Crippen molar-refractivity contribution in [3.63, 3.8) is 0 Å². The highest BCUT2D eigenvalue weighted by molar-refractivity contribution is 5.36. The second kappa shape index (κ2) is 7.32. The lowest BCUT2D eigenvalue weighted by Gasteiger charge is -2.16. The van der Waals surface area contributed by atoms with E-state index in [2.05, 4.69) is 20.3 Å². The Morgan fingerprint density at radius 2 is 1.87 bits per heavy atom. The van der Waals surface area contributed by atoms with Crippen molar-refractivity contribution in [1.82, 2.24) is 15.0 Å². The Morgan fingerprint density at radius 3 is 2.48 bits per heavy atom. The number of nitrogens with zero attached hydrogens (tertiary/aromatic N) is 4. The van der Waals surface area contributed by atoms with Crippen LogP contribution in [0.3, 0.4) is 0 Å². The van der Waals surface area contributed by atoms with Gasteiger partial charge in [0.25, 0.3) is 0 Å². The van der Waals surface area contributed by atoms with Crippen LogP contribution in [0.2, 0.25) is 0 Å². The van der Waals surface area contributed by atoms with Crippen LogP contribution in [0.25, 0.3) is 0 Å². The molecule has 1 aromatic heterocycles. The van der Waals surface area contributed by atoms with Crippen molar-refractivity contribution in [3.05, 3.63) is 41.5 Å². The minimum absolute atomic E-state index is 0.106. The van der Waals surface area contributed by atoms with Crippen LogP contribution >= 0.6 is 0 Å².